The normalized spacial score (nSPS) is 14.8. The molecule has 0 amide bonds. The second-order valence-corrected chi connectivity index (χ2v) is 4.78. The SMILES string of the molecule is CCCNCC(C)(O)Cc1ccccc1C. The Morgan fingerprint density at radius 3 is 2.62 bits per heavy atom. The molecule has 2 N–H and O–H groups in total. The van der Waals surface area contributed by atoms with Crippen molar-refractivity contribution in [1.82, 2.24) is 5.32 Å². The van der Waals surface area contributed by atoms with Crippen molar-refractivity contribution in [2.45, 2.75) is 39.2 Å². The van der Waals surface area contributed by atoms with Crippen molar-refractivity contribution in [3.8, 4) is 0 Å². The average molecular weight is 221 g/mol. The van der Waals surface area contributed by atoms with Crippen LogP contribution in [0.1, 0.15) is 31.4 Å². The van der Waals surface area contributed by atoms with E-state index >= 15 is 0 Å². The molecule has 0 aliphatic rings. The highest BCUT2D eigenvalue weighted by atomic mass is 16.3. The van der Waals surface area contributed by atoms with E-state index in [9.17, 15) is 5.11 Å². The van der Waals surface area contributed by atoms with Gasteiger partial charge in [-0.2, -0.15) is 0 Å². The first-order chi connectivity index (χ1) is 7.55. The van der Waals surface area contributed by atoms with E-state index in [0.29, 0.717) is 13.0 Å². The maximum absolute atomic E-state index is 10.3. The zero-order valence-corrected chi connectivity index (χ0v) is 10.6. The number of benzene rings is 1. The Labute approximate surface area is 98.7 Å². The van der Waals surface area contributed by atoms with Gasteiger partial charge in [-0.1, -0.05) is 31.2 Å². The first-order valence-electron chi connectivity index (χ1n) is 6.03. The molecule has 2 heteroatoms. The summed E-state index contributed by atoms with van der Waals surface area (Å²) >= 11 is 0. The second-order valence-electron chi connectivity index (χ2n) is 4.78. The van der Waals surface area contributed by atoms with Gasteiger partial charge in [0, 0.05) is 13.0 Å². The molecule has 90 valence electrons. The maximum atomic E-state index is 10.3. The summed E-state index contributed by atoms with van der Waals surface area (Å²) in [7, 11) is 0. The third-order valence-electron chi connectivity index (χ3n) is 2.77. The Balaban J connectivity index is 2.55. The molecule has 0 heterocycles. The van der Waals surface area contributed by atoms with Crippen molar-refractivity contribution < 1.29 is 5.11 Å². The smallest absolute Gasteiger partial charge is 0.0783 e. The molecule has 1 atom stereocenters. The summed E-state index contributed by atoms with van der Waals surface area (Å²) in [6.45, 7) is 7.72. The first-order valence-corrected chi connectivity index (χ1v) is 6.03. The van der Waals surface area contributed by atoms with Gasteiger partial charge in [0.2, 0.25) is 0 Å². The maximum Gasteiger partial charge on any atom is 0.0783 e. The standard InChI is InChI=1S/C14H23NO/c1-4-9-15-11-14(3,16)10-13-8-6-5-7-12(13)2/h5-8,15-16H,4,9-11H2,1-3H3. The van der Waals surface area contributed by atoms with Crippen LogP contribution in [0.25, 0.3) is 0 Å². The summed E-state index contributed by atoms with van der Waals surface area (Å²) in [4.78, 5) is 0. The van der Waals surface area contributed by atoms with Crippen LogP contribution in [0.4, 0.5) is 0 Å². The molecule has 16 heavy (non-hydrogen) atoms. The van der Waals surface area contributed by atoms with Crippen LogP contribution in [0.2, 0.25) is 0 Å². The van der Waals surface area contributed by atoms with Gasteiger partial charge in [-0.25, -0.2) is 0 Å². The van der Waals surface area contributed by atoms with Crippen molar-refractivity contribution >= 4 is 0 Å². The molecule has 0 aromatic heterocycles. The average Bonchev–Trinajstić information content (AvgIpc) is 2.21. The highest BCUT2D eigenvalue weighted by Gasteiger charge is 2.20. The molecular weight excluding hydrogens is 198 g/mol. The van der Waals surface area contributed by atoms with Gasteiger partial charge < -0.3 is 10.4 Å². The van der Waals surface area contributed by atoms with E-state index in [1.165, 1.54) is 11.1 Å². The molecule has 2 nitrogen and oxygen atoms in total. The first kappa shape index (κ1) is 13.2. The summed E-state index contributed by atoms with van der Waals surface area (Å²) < 4.78 is 0. The monoisotopic (exact) mass is 221 g/mol. The molecule has 0 fully saturated rings. The highest BCUT2D eigenvalue weighted by Crippen LogP contribution is 2.15. The van der Waals surface area contributed by atoms with Crippen molar-refractivity contribution in [1.29, 1.82) is 0 Å². The quantitative estimate of drug-likeness (QED) is 0.722. The van der Waals surface area contributed by atoms with Crippen LogP contribution >= 0.6 is 0 Å². The van der Waals surface area contributed by atoms with Gasteiger partial charge in [-0.15, -0.1) is 0 Å². The minimum Gasteiger partial charge on any atom is -0.389 e. The van der Waals surface area contributed by atoms with Gasteiger partial charge >= 0.3 is 0 Å². The van der Waals surface area contributed by atoms with E-state index < -0.39 is 5.60 Å². The molecular formula is C14H23NO. The second kappa shape index (κ2) is 6.02. The Morgan fingerprint density at radius 2 is 2.00 bits per heavy atom. The van der Waals surface area contributed by atoms with Crippen LogP contribution in [0.3, 0.4) is 0 Å². The van der Waals surface area contributed by atoms with Crippen LogP contribution < -0.4 is 5.32 Å². The molecule has 0 saturated carbocycles. The summed E-state index contributed by atoms with van der Waals surface area (Å²) in [6.07, 6.45) is 1.80. The fraction of sp³-hybridized carbons (Fsp3) is 0.571. The Hall–Kier alpha value is -0.860. The van der Waals surface area contributed by atoms with Gasteiger partial charge in [-0.05, 0) is 37.9 Å². The molecule has 1 aromatic rings. The number of aliphatic hydroxyl groups is 1. The predicted octanol–water partition coefficient (Wildman–Crippen LogP) is 2.29. The molecule has 1 aromatic carbocycles. The summed E-state index contributed by atoms with van der Waals surface area (Å²) in [5.74, 6) is 0. The topological polar surface area (TPSA) is 32.3 Å². The summed E-state index contributed by atoms with van der Waals surface area (Å²) in [6, 6.07) is 8.23. The van der Waals surface area contributed by atoms with E-state index in [-0.39, 0.29) is 0 Å². The van der Waals surface area contributed by atoms with Crippen molar-refractivity contribution in [2.24, 2.45) is 0 Å². The van der Waals surface area contributed by atoms with Gasteiger partial charge in [-0.3, -0.25) is 0 Å². The Kier molecular flexibility index (Phi) is 4.97. The molecule has 0 bridgehead atoms. The number of aryl methyl sites for hydroxylation is 1. The Bertz CT molecular complexity index is 320. The summed E-state index contributed by atoms with van der Waals surface area (Å²) in [5.41, 5.74) is 1.81. The van der Waals surface area contributed by atoms with Gasteiger partial charge in [0.15, 0.2) is 0 Å². The lowest BCUT2D eigenvalue weighted by Crippen LogP contribution is -2.40. The zero-order chi connectivity index (χ0) is 12.0. The third kappa shape index (κ3) is 4.33. The van der Waals surface area contributed by atoms with Crippen LogP contribution in [0.5, 0.6) is 0 Å². The minimum atomic E-state index is -0.665. The lowest BCUT2D eigenvalue weighted by atomic mass is 9.93. The molecule has 0 spiro atoms. The van der Waals surface area contributed by atoms with Crippen molar-refractivity contribution in [3.05, 3.63) is 35.4 Å². The van der Waals surface area contributed by atoms with Gasteiger partial charge in [0.1, 0.15) is 0 Å². The fourth-order valence-electron chi connectivity index (χ4n) is 1.82. The molecule has 1 unspecified atom stereocenters. The van der Waals surface area contributed by atoms with E-state index in [2.05, 4.69) is 31.3 Å². The Morgan fingerprint density at radius 1 is 1.31 bits per heavy atom. The predicted molar refractivity (Wildman–Crippen MR) is 68.7 cm³/mol. The largest absolute Gasteiger partial charge is 0.389 e. The minimum absolute atomic E-state index is 0.648. The molecule has 0 aliphatic carbocycles. The molecule has 1 rings (SSSR count). The third-order valence-corrected chi connectivity index (χ3v) is 2.77. The molecule has 0 saturated heterocycles. The number of rotatable bonds is 6. The van der Waals surface area contributed by atoms with Gasteiger partial charge in [0.05, 0.1) is 5.60 Å². The molecule has 0 radical (unpaired) electrons. The van der Waals surface area contributed by atoms with E-state index in [1.807, 2.05) is 19.1 Å². The number of hydrogen-bond acceptors (Lipinski definition) is 2. The van der Waals surface area contributed by atoms with E-state index in [4.69, 9.17) is 0 Å². The van der Waals surface area contributed by atoms with Crippen LogP contribution in [-0.2, 0) is 6.42 Å². The lowest BCUT2D eigenvalue weighted by molar-refractivity contribution is 0.0602. The lowest BCUT2D eigenvalue weighted by Gasteiger charge is -2.24. The van der Waals surface area contributed by atoms with Crippen molar-refractivity contribution in [3.63, 3.8) is 0 Å². The van der Waals surface area contributed by atoms with Crippen LogP contribution in [-0.4, -0.2) is 23.8 Å². The van der Waals surface area contributed by atoms with Gasteiger partial charge in [0.25, 0.3) is 0 Å². The zero-order valence-electron chi connectivity index (χ0n) is 10.6. The number of nitrogens with one attached hydrogen (secondary N) is 1. The highest BCUT2D eigenvalue weighted by molar-refractivity contribution is 5.26. The molecule has 0 aliphatic heterocycles. The van der Waals surface area contributed by atoms with Crippen LogP contribution in [0, 0.1) is 6.92 Å². The van der Waals surface area contributed by atoms with Crippen molar-refractivity contribution in [2.75, 3.05) is 13.1 Å². The fourth-order valence-corrected chi connectivity index (χ4v) is 1.82. The van der Waals surface area contributed by atoms with E-state index in [0.717, 1.165) is 13.0 Å². The van der Waals surface area contributed by atoms with E-state index in [1.54, 1.807) is 0 Å². The van der Waals surface area contributed by atoms with Crippen LogP contribution in [0.15, 0.2) is 24.3 Å². The summed E-state index contributed by atoms with van der Waals surface area (Å²) in [5, 5.41) is 13.5. The number of hydrogen-bond donors (Lipinski definition) is 2.